The molecule has 0 spiro atoms. The van der Waals surface area contributed by atoms with Gasteiger partial charge in [-0.3, -0.25) is 19.2 Å². The fourth-order valence-electron chi connectivity index (χ4n) is 14.9. The van der Waals surface area contributed by atoms with Gasteiger partial charge in [-0.25, -0.2) is 0 Å². The van der Waals surface area contributed by atoms with Crippen molar-refractivity contribution < 1.29 is 62.0 Å². The van der Waals surface area contributed by atoms with E-state index in [-0.39, 0.29) is 42.2 Å². The lowest BCUT2D eigenvalue weighted by Gasteiger charge is -2.41. The summed E-state index contributed by atoms with van der Waals surface area (Å²) >= 11 is 0. The molecule has 3 N–H and O–H groups in total. The van der Waals surface area contributed by atoms with Gasteiger partial charge in [0.2, 0.25) is 0 Å². The third-order valence-corrected chi connectivity index (χ3v) is 20.4. The van der Waals surface area contributed by atoms with Crippen molar-refractivity contribution in [1.29, 1.82) is 0 Å². The minimum atomic E-state index is -0.804. The minimum Gasteiger partial charge on any atom is -0.497 e. The molecule has 4 fully saturated rings. The summed E-state index contributed by atoms with van der Waals surface area (Å²) in [6.45, 7) is 7.27. The van der Waals surface area contributed by atoms with E-state index in [1.807, 2.05) is 72.8 Å². The first-order valence-electron chi connectivity index (χ1n) is 35.0. The minimum absolute atomic E-state index is 0. The van der Waals surface area contributed by atoms with Gasteiger partial charge < -0.3 is 43.9 Å². The summed E-state index contributed by atoms with van der Waals surface area (Å²) in [6.07, 6.45) is 29.2. The Morgan fingerprint density at radius 3 is 1.42 bits per heavy atom. The fraction of sp³-hybridized carbons (Fsp3) is 0.390. The molecule has 8 aromatic rings. The Hall–Kier alpha value is -9.63. The molecule has 0 atom stereocenters. The molecule has 4 heterocycles. The highest BCUT2D eigenvalue weighted by molar-refractivity contribution is 6.04. The number of amides is 1. The number of hydrogen-bond acceptors (Lipinski definition) is 14. The first kappa shape index (κ1) is 74.6. The molecule has 17 nitrogen and oxygen atoms in total. The number of fused-ring (bicyclic) bond motifs is 10. The molecule has 1 amide bonds. The first-order valence-corrected chi connectivity index (χ1v) is 35.0. The molecule has 2 aromatic heterocycles. The van der Waals surface area contributed by atoms with Crippen LogP contribution in [0.4, 0.5) is 0 Å². The lowest BCUT2D eigenvalue weighted by atomic mass is 9.72. The zero-order valence-corrected chi connectivity index (χ0v) is 58.6. The number of aromatic nitrogens is 2. The average Bonchev–Trinajstić information content (AvgIpc) is 1.70. The maximum Gasteiger partial charge on any atom is 0.373 e. The Bertz CT molecular complexity index is 4270. The molecule has 6 aliphatic rings. The highest BCUT2D eigenvalue weighted by atomic mass is 35.5. The van der Waals surface area contributed by atoms with Crippen LogP contribution >= 0.6 is 12.4 Å². The summed E-state index contributed by atoms with van der Waals surface area (Å²) < 4.78 is 33.2. The number of nitrogens with one attached hydrogen (secondary N) is 1. The van der Waals surface area contributed by atoms with Gasteiger partial charge in [-0.05, 0) is 171 Å². The predicted molar refractivity (Wildman–Crippen MR) is 388 cm³/mol. The maximum absolute atomic E-state index is 13.9. The van der Waals surface area contributed by atoms with Crippen LogP contribution in [0.1, 0.15) is 185 Å². The van der Waals surface area contributed by atoms with Crippen molar-refractivity contribution in [3.63, 3.8) is 0 Å². The molecule has 100 heavy (non-hydrogen) atoms. The number of ketones is 2. The SMILES string of the molecule is CC/C=C/c1ccc(CC(=O)C2(N)CCC2)cc1.CC/C=C/c1ccc(CC(=O)C2(NC(=O)c3ccc4c(C5CCCCC5)c5n(c4c3)CCOc3cc(OC)ccc3-5)CCC2)cc1.COc1ccc2c(c1)OCCn1c-2c(C2CCCCC2)c2ccc(OC=O)cc21.Cl.O=C=O.O=C=O. The normalized spacial score (nSPS) is 16.1. The second-order valence-electron chi connectivity index (χ2n) is 26.4. The number of nitrogens with zero attached hydrogens (tertiary/aromatic N) is 2. The Morgan fingerprint density at radius 1 is 0.560 bits per heavy atom. The van der Waals surface area contributed by atoms with Crippen LogP contribution in [0.5, 0.6) is 28.7 Å². The number of ether oxygens (including phenoxy) is 5. The molecule has 0 saturated heterocycles. The molecule has 4 saturated carbocycles. The molecule has 6 aromatic carbocycles. The van der Waals surface area contributed by atoms with Crippen LogP contribution in [0, 0.1) is 0 Å². The molecule has 0 unspecified atom stereocenters. The van der Waals surface area contributed by atoms with Gasteiger partial charge in [-0.1, -0.05) is 131 Å². The smallest absolute Gasteiger partial charge is 0.373 e. The molecule has 2 aliphatic heterocycles. The topological polar surface area (TPSA) is 231 Å². The number of nitrogens with two attached hydrogens (primary N) is 1. The molecular formula is C82H91ClN4O13. The van der Waals surface area contributed by atoms with E-state index < -0.39 is 11.1 Å². The molecule has 4 aliphatic carbocycles. The number of halogens is 1. The van der Waals surface area contributed by atoms with E-state index in [9.17, 15) is 19.2 Å². The van der Waals surface area contributed by atoms with Crippen molar-refractivity contribution in [2.45, 2.75) is 178 Å². The standard InChI is InChI=1S/C40H44N2O4.C24H25NO4.C16H21NO.2CO2.ClH/c1-3-4-9-27-12-14-28(15-13-27)24-36(43)40(20-8-21-40)41-39(44)30-16-18-32-34(25-30)42-22-23-46-35-26-31(45-2)17-19-33(35)38(42)37(32)29-10-6-5-7-11-29;1-27-17-7-10-20-22(14-17)28-12-11-25-21-13-18(29-15-26)8-9-19(21)23(24(20)25)16-5-3-2-4-6-16;1-2-3-5-13-6-8-14(9-7-13)12-15(18)16(17)10-4-11-16;2*2-1-3;/h4,9,12-19,25-26,29H,3,5-8,10-11,20-24H2,1-2H3,(H,41,44);7-10,13-16H,2-6,11-12H2,1H3;3,5-9H,2,4,10-12,17H2,1H3;;;1H/b9-4+;;5-3+;;;. The van der Waals surface area contributed by atoms with Gasteiger partial charge in [0.25, 0.3) is 12.4 Å². The molecule has 524 valence electrons. The van der Waals surface area contributed by atoms with E-state index in [1.165, 1.54) is 103 Å². The van der Waals surface area contributed by atoms with Gasteiger partial charge in [0.15, 0.2) is 11.6 Å². The molecule has 0 bridgehead atoms. The van der Waals surface area contributed by atoms with Crippen LogP contribution in [0.2, 0.25) is 0 Å². The van der Waals surface area contributed by atoms with Crippen LogP contribution in [0.25, 0.3) is 56.5 Å². The maximum atomic E-state index is 13.9. The van der Waals surface area contributed by atoms with Crippen LogP contribution < -0.4 is 34.7 Å². The van der Waals surface area contributed by atoms with E-state index in [1.54, 1.807) is 14.2 Å². The van der Waals surface area contributed by atoms with Gasteiger partial charge in [-0.2, -0.15) is 19.2 Å². The van der Waals surface area contributed by atoms with E-state index in [0.29, 0.717) is 75.1 Å². The van der Waals surface area contributed by atoms with Crippen LogP contribution in [-0.2, 0) is 59.5 Å². The molecule has 0 radical (unpaired) electrons. The monoisotopic (exact) mass is 1370 g/mol. The van der Waals surface area contributed by atoms with Crippen LogP contribution in [-0.4, -0.2) is 83.9 Å². The van der Waals surface area contributed by atoms with E-state index in [0.717, 1.165) is 107 Å². The average molecular weight is 1380 g/mol. The highest BCUT2D eigenvalue weighted by Crippen LogP contribution is 2.50. The molecular weight excluding hydrogens is 1280 g/mol. The number of benzene rings is 6. The number of methoxy groups -OCH3 is 2. The third kappa shape index (κ3) is 17.1. The van der Waals surface area contributed by atoms with Gasteiger partial charge in [0.1, 0.15) is 42.0 Å². The number of hydrogen-bond donors (Lipinski definition) is 2. The number of Topliss-reactive ketones (excluding diaryl/α,β-unsaturated/α-hetero) is 2. The summed E-state index contributed by atoms with van der Waals surface area (Å²) in [6, 6.07) is 40.6. The quantitative estimate of drug-likeness (QED) is 0.0761. The summed E-state index contributed by atoms with van der Waals surface area (Å²) in [5.41, 5.74) is 19.2. The van der Waals surface area contributed by atoms with Crippen molar-refractivity contribution in [3.05, 3.63) is 172 Å². The number of carbonyl (C=O) groups is 4. The molecule has 18 heteroatoms. The van der Waals surface area contributed by atoms with Gasteiger partial charge >= 0.3 is 12.3 Å². The van der Waals surface area contributed by atoms with Crippen LogP contribution in [0.15, 0.2) is 133 Å². The van der Waals surface area contributed by atoms with Crippen LogP contribution in [0.3, 0.4) is 0 Å². The number of carbonyl (C=O) groups excluding carboxylic acids is 8. The Labute approximate surface area is 591 Å². The molecule has 14 rings (SSSR count). The van der Waals surface area contributed by atoms with Gasteiger partial charge in [0.05, 0.1) is 55.3 Å². The van der Waals surface area contributed by atoms with Crippen molar-refractivity contribution in [2.24, 2.45) is 5.73 Å². The van der Waals surface area contributed by atoms with Crippen molar-refractivity contribution in [2.75, 3.05) is 27.4 Å². The second kappa shape index (κ2) is 35.4. The highest BCUT2D eigenvalue weighted by Gasteiger charge is 2.45. The Morgan fingerprint density at radius 2 is 1.00 bits per heavy atom. The lowest BCUT2D eigenvalue weighted by molar-refractivity contribution is -0.193. The van der Waals surface area contributed by atoms with Crippen molar-refractivity contribution >= 4 is 82.6 Å². The van der Waals surface area contributed by atoms with Gasteiger partial charge in [0, 0.05) is 64.0 Å². The van der Waals surface area contributed by atoms with E-state index >= 15 is 0 Å². The number of rotatable bonds is 18. The largest absolute Gasteiger partial charge is 0.497 e. The summed E-state index contributed by atoms with van der Waals surface area (Å²) in [5.74, 6) is 4.96. The summed E-state index contributed by atoms with van der Waals surface area (Å²) in [5, 5.41) is 5.69. The zero-order valence-electron chi connectivity index (χ0n) is 57.7. The summed E-state index contributed by atoms with van der Waals surface area (Å²) in [4.78, 5) is 83.0. The van der Waals surface area contributed by atoms with E-state index in [2.05, 4.69) is 101 Å². The first-order chi connectivity index (χ1) is 48.3. The van der Waals surface area contributed by atoms with Crippen molar-refractivity contribution in [3.8, 4) is 51.3 Å². The predicted octanol–water partition coefficient (Wildman–Crippen LogP) is 16.3. The van der Waals surface area contributed by atoms with E-state index in [4.69, 9.17) is 48.6 Å². The zero-order chi connectivity index (χ0) is 69.9. The summed E-state index contributed by atoms with van der Waals surface area (Å²) in [7, 11) is 3.36. The fourth-order valence-corrected chi connectivity index (χ4v) is 14.9. The van der Waals surface area contributed by atoms with Crippen molar-refractivity contribution in [1.82, 2.24) is 14.5 Å². The second-order valence-corrected chi connectivity index (χ2v) is 26.4. The lowest BCUT2D eigenvalue weighted by Crippen LogP contribution is -2.59. The number of allylic oxidation sites excluding steroid dienone is 2. The Balaban J connectivity index is 0.000000184. The Kier molecular flexibility index (Phi) is 26.4. The van der Waals surface area contributed by atoms with Gasteiger partial charge in [-0.15, -0.1) is 12.4 Å². The third-order valence-electron chi connectivity index (χ3n) is 20.4.